The number of hydrogen-bond acceptors (Lipinski definition) is 5. The first-order chi connectivity index (χ1) is 10.6. The first kappa shape index (κ1) is 17.0. The predicted molar refractivity (Wildman–Crippen MR) is 92.7 cm³/mol. The molecule has 0 aromatic heterocycles. The van der Waals surface area contributed by atoms with Crippen molar-refractivity contribution in [1.29, 1.82) is 0 Å². The van der Waals surface area contributed by atoms with E-state index in [0.717, 1.165) is 45.9 Å². The fraction of sp³-hybridized carbons (Fsp3) is 1.00. The maximum absolute atomic E-state index is 5.87. The highest BCUT2D eigenvalue weighted by atomic mass is 32.2. The monoisotopic (exact) mass is 328 g/mol. The number of ether oxygens (including phenoxy) is 2. The van der Waals surface area contributed by atoms with Crippen LogP contribution in [-0.2, 0) is 9.47 Å². The van der Waals surface area contributed by atoms with E-state index in [1.165, 1.54) is 17.9 Å². The standard InChI is InChI=1S/C17H32N2O2S/c1-4-21-15-11-14(16(15,2)3)18-12-17(5-10-22-13-17)19-6-8-20-9-7-19/h14-15,18H,4-13H2,1-3H3/t14-,15+,17+/m0/s1. The molecule has 3 atom stereocenters. The molecule has 3 aliphatic rings. The molecule has 0 aromatic rings. The Hall–Kier alpha value is 0.190. The molecule has 0 spiro atoms. The van der Waals surface area contributed by atoms with E-state index in [4.69, 9.17) is 9.47 Å². The second-order valence-electron chi connectivity index (χ2n) is 7.56. The van der Waals surface area contributed by atoms with Gasteiger partial charge in [-0.25, -0.2) is 0 Å². The predicted octanol–water partition coefficient (Wildman–Crippen LogP) is 1.99. The van der Waals surface area contributed by atoms with E-state index >= 15 is 0 Å². The number of nitrogens with one attached hydrogen (secondary N) is 1. The summed E-state index contributed by atoms with van der Waals surface area (Å²) in [6.07, 6.45) is 2.90. The summed E-state index contributed by atoms with van der Waals surface area (Å²) in [7, 11) is 0. The Bertz CT molecular complexity index is 366. The van der Waals surface area contributed by atoms with Crippen molar-refractivity contribution in [3.8, 4) is 0 Å². The lowest BCUT2D eigenvalue weighted by Gasteiger charge is -2.53. The first-order valence-electron chi connectivity index (χ1n) is 8.84. The van der Waals surface area contributed by atoms with Crippen molar-refractivity contribution in [3.05, 3.63) is 0 Å². The maximum atomic E-state index is 5.87. The highest BCUT2D eigenvalue weighted by Crippen LogP contribution is 2.43. The van der Waals surface area contributed by atoms with Gasteiger partial charge >= 0.3 is 0 Å². The van der Waals surface area contributed by atoms with Gasteiger partial charge in [-0.2, -0.15) is 11.8 Å². The topological polar surface area (TPSA) is 33.7 Å². The van der Waals surface area contributed by atoms with Gasteiger partial charge in [-0.05, 0) is 25.5 Å². The lowest BCUT2D eigenvalue weighted by molar-refractivity contribution is -0.117. The second kappa shape index (κ2) is 6.98. The van der Waals surface area contributed by atoms with Crippen LogP contribution in [0.3, 0.4) is 0 Å². The molecule has 2 aliphatic heterocycles. The maximum Gasteiger partial charge on any atom is 0.0655 e. The summed E-state index contributed by atoms with van der Waals surface area (Å²) in [5.41, 5.74) is 0.606. The molecule has 3 fully saturated rings. The van der Waals surface area contributed by atoms with E-state index in [1.54, 1.807) is 0 Å². The molecule has 1 N–H and O–H groups in total. The molecule has 22 heavy (non-hydrogen) atoms. The SMILES string of the molecule is CCO[C@@H]1C[C@H](NC[C@]2(N3CCOCC3)CCSC2)C1(C)C. The number of rotatable bonds is 6. The number of thioether (sulfide) groups is 1. The van der Waals surface area contributed by atoms with Gasteiger partial charge < -0.3 is 14.8 Å². The summed E-state index contributed by atoms with van der Waals surface area (Å²) in [4.78, 5) is 2.69. The summed E-state index contributed by atoms with van der Waals surface area (Å²) in [5.74, 6) is 2.57. The zero-order chi connectivity index (χ0) is 15.6. The summed E-state index contributed by atoms with van der Waals surface area (Å²) in [6, 6.07) is 0.590. The zero-order valence-corrected chi connectivity index (χ0v) is 15.2. The van der Waals surface area contributed by atoms with Crippen LogP contribution in [0.2, 0.25) is 0 Å². The highest BCUT2D eigenvalue weighted by molar-refractivity contribution is 7.99. The third-order valence-corrected chi connectivity index (χ3v) is 7.22. The second-order valence-corrected chi connectivity index (χ2v) is 8.67. The van der Waals surface area contributed by atoms with Gasteiger partial charge in [0.05, 0.1) is 19.3 Å². The summed E-state index contributed by atoms with van der Waals surface area (Å²) >= 11 is 2.11. The van der Waals surface area contributed by atoms with Gasteiger partial charge in [-0.3, -0.25) is 4.90 Å². The van der Waals surface area contributed by atoms with E-state index in [1.807, 2.05) is 0 Å². The molecule has 0 aromatic carbocycles. The minimum atomic E-state index is 0.258. The van der Waals surface area contributed by atoms with E-state index in [0.29, 0.717) is 17.7 Å². The average Bonchev–Trinajstić information content (AvgIpc) is 3.01. The molecular formula is C17H32N2O2S. The van der Waals surface area contributed by atoms with Gasteiger partial charge in [0.2, 0.25) is 0 Å². The summed E-state index contributed by atoms with van der Waals surface area (Å²) in [5, 5.41) is 3.90. The van der Waals surface area contributed by atoms with Crippen LogP contribution in [0.4, 0.5) is 0 Å². The Kier molecular flexibility index (Phi) is 5.40. The Morgan fingerprint density at radius 1 is 1.32 bits per heavy atom. The van der Waals surface area contributed by atoms with Gasteiger partial charge in [-0.15, -0.1) is 0 Å². The normalized spacial score (nSPS) is 38.9. The quantitative estimate of drug-likeness (QED) is 0.806. The largest absolute Gasteiger partial charge is 0.379 e. The highest BCUT2D eigenvalue weighted by Gasteiger charge is 2.50. The lowest BCUT2D eigenvalue weighted by atomic mass is 9.64. The van der Waals surface area contributed by atoms with Crippen molar-refractivity contribution in [2.24, 2.45) is 5.41 Å². The van der Waals surface area contributed by atoms with Crippen LogP contribution in [0.1, 0.15) is 33.6 Å². The minimum Gasteiger partial charge on any atom is -0.379 e. The molecular weight excluding hydrogens is 296 g/mol. The fourth-order valence-corrected chi connectivity index (χ4v) is 5.64. The first-order valence-corrected chi connectivity index (χ1v) is 9.99. The molecule has 0 unspecified atom stereocenters. The average molecular weight is 329 g/mol. The van der Waals surface area contributed by atoms with E-state index in [-0.39, 0.29) is 5.41 Å². The minimum absolute atomic E-state index is 0.258. The third-order valence-electron chi connectivity index (χ3n) is 5.99. The smallest absolute Gasteiger partial charge is 0.0655 e. The number of morpholine rings is 1. The summed E-state index contributed by atoms with van der Waals surface area (Å²) in [6.45, 7) is 12.7. The fourth-order valence-electron chi connectivity index (χ4n) is 4.16. The molecule has 2 saturated heterocycles. The van der Waals surface area contributed by atoms with Crippen LogP contribution >= 0.6 is 11.8 Å². The van der Waals surface area contributed by atoms with Crippen molar-refractivity contribution in [1.82, 2.24) is 10.2 Å². The van der Waals surface area contributed by atoms with Crippen LogP contribution in [0.15, 0.2) is 0 Å². The molecule has 5 heteroatoms. The van der Waals surface area contributed by atoms with E-state index < -0.39 is 0 Å². The van der Waals surface area contributed by atoms with Crippen molar-refractivity contribution in [3.63, 3.8) is 0 Å². The molecule has 4 nitrogen and oxygen atoms in total. The molecule has 3 rings (SSSR count). The van der Waals surface area contributed by atoms with Gasteiger partial charge in [-0.1, -0.05) is 13.8 Å². The zero-order valence-electron chi connectivity index (χ0n) is 14.4. The van der Waals surface area contributed by atoms with Gasteiger partial charge in [0.15, 0.2) is 0 Å². The molecule has 0 amide bonds. The van der Waals surface area contributed by atoms with Crippen LogP contribution < -0.4 is 5.32 Å². The molecule has 0 bridgehead atoms. The van der Waals surface area contributed by atoms with Crippen LogP contribution in [-0.4, -0.2) is 73.5 Å². The van der Waals surface area contributed by atoms with Crippen molar-refractivity contribution in [2.75, 3.05) is 51.0 Å². The van der Waals surface area contributed by atoms with Crippen molar-refractivity contribution in [2.45, 2.75) is 51.3 Å². The Labute approximate surface area is 139 Å². The van der Waals surface area contributed by atoms with Gasteiger partial charge in [0, 0.05) is 49.0 Å². The van der Waals surface area contributed by atoms with Gasteiger partial charge in [0.1, 0.15) is 0 Å². The lowest BCUT2D eigenvalue weighted by Crippen LogP contribution is -2.65. The van der Waals surface area contributed by atoms with E-state index in [2.05, 4.69) is 42.7 Å². The Morgan fingerprint density at radius 3 is 2.68 bits per heavy atom. The molecule has 1 aliphatic carbocycles. The van der Waals surface area contributed by atoms with Crippen molar-refractivity contribution < 1.29 is 9.47 Å². The van der Waals surface area contributed by atoms with Crippen LogP contribution in [0, 0.1) is 5.41 Å². The number of nitrogens with zero attached hydrogens (tertiary/aromatic N) is 1. The third kappa shape index (κ3) is 3.20. The van der Waals surface area contributed by atoms with Crippen LogP contribution in [0.25, 0.3) is 0 Å². The Morgan fingerprint density at radius 2 is 2.09 bits per heavy atom. The molecule has 128 valence electrons. The van der Waals surface area contributed by atoms with Crippen molar-refractivity contribution >= 4 is 11.8 Å². The Balaban J connectivity index is 1.56. The molecule has 2 heterocycles. The molecule has 0 radical (unpaired) electrons. The van der Waals surface area contributed by atoms with Crippen LogP contribution in [0.5, 0.6) is 0 Å². The summed E-state index contributed by atoms with van der Waals surface area (Å²) < 4.78 is 11.4. The number of hydrogen-bond donors (Lipinski definition) is 1. The van der Waals surface area contributed by atoms with E-state index in [9.17, 15) is 0 Å². The van der Waals surface area contributed by atoms with Gasteiger partial charge in [0.25, 0.3) is 0 Å². The molecule has 1 saturated carbocycles.